The van der Waals surface area contributed by atoms with Crippen LogP contribution in [0.4, 0.5) is 0 Å². The number of nitrogens with zero attached hydrogens (tertiary/aromatic N) is 1. The van der Waals surface area contributed by atoms with Gasteiger partial charge in [-0.15, -0.1) is 0 Å². The van der Waals surface area contributed by atoms with Crippen molar-refractivity contribution in [2.24, 2.45) is 5.14 Å². The average molecular weight is 462 g/mol. The van der Waals surface area contributed by atoms with Gasteiger partial charge in [-0.25, -0.2) is 0 Å². The van der Waals surface area contributed by atoms with Crippen molar-refractivity contribution in [1.82, 2.24) is 4.98 Å². The van der Waals surface area contributed by atoms with Gasteiger partial charge < -0.3 is 23.1 Å². The molecule has 0 aliphatic rings. The number of benzene rings is 2. The summed E-state index contributed by atoms with van der Waals surface area (Å²) in [5, 5.41) is 5.70. The number of aromatic nitrogens is 1. The molecule has 0 aliphatic heterocycles. The topological polar surface area (TPSA) is 136 Å². The molecule has 0 saturated carbocycles. The fourth-order valence-electron chi connectivity index (χ4n) is 3.22. The lowest BCUT2D eigenvalue weighted by Crippen LogP contribution is -2.19. The van der Waals surface area contributed by atoms with Crippen LogP contribution < -0.4 is 28.3 Å². The first-order valence-corrected chi connectivity index (χ1v) is 10.8. The van der Waals surface area contributed by atoms with Crippen LogP contribution in [0.1, 0.15) is 22.8 Å². The number of hydrogen-bond donors (Lipinski definition) is 1. The molecule has 0 amide bonds. The third kappa shape index (κ3) is 4.53. The van der Waals surface area contributed by atoms with Crippen molar-refractivity contribution in [3.8, 4) is 28.7 Å². The molecule has 3 aromatic rings. The molecule has 11 heteroatoms. The molecule has 0 saturated heterocycles. The maximum atomic E-state index is 13.4. The Labute approximate surface area is 185 Å². The Morgan fingerprint density at radius 2 is 1.59 bits per heavy atom. The molecule has 0 atom stereocenters. The van der Waals surface area contributed by atoms with E-state index < -0.39 is 16.1 Å². The van der Waals surface area contributed by atoms with Crippen LogP contribution in [0.5, 0.6) is 28.7 Å². The minimum absolute atomic E-state index is 0.146. The Morgan fingerprint density at radius 3 is 2.12 bits per heavy atom. The SMILES string of the molecule is CCOc1ccc2c(C(=O)c3cc(OC)c(OC)c(OC)c3)cncc2c1OS(N)(=O)=O. The van der Waals surface area contributed by atoms with Crippen LogP contribution in [0.3, 0.4) is 0 Å². The highest BCUT2D eigenvalue weighted by atomic mass is 32.2. The highest BCUT2D eigenvalue weighted by Crippen LogP contribution is 2.40. The normalized spacial score (nSPS) is 11.2. The lowest BCUT2D eigenvalue weighted by atomic mass is 9.98. The molecule has 2 N–H and O–H groups in total. The van der Waals surface area contributed by atoms with E-state index in [4.69, 9.17) is 28.3 Å². The molecule has 0 bridgehead atoms. The number of fused-ring (bicyclic) bond motifs is 1. The molecule has 2 aromatic carbocycles. The zero-order chi connectivity index (χ0) is 23.5. The van der Waals surface area contributed by atoms with Gasteiger partial charge in [-0.1, -0.05) is 0 Å². The van der Waals surface area contributed by atoms with Crippen molar-refractivity contribution in [2.75, 3.05) is 27.9 Å². The summed E-state index contributed by atoms with van der Waals surface area (Å²) in [7, 11) is -0.0190. The van der Waals surface area contributed by atoms with E-state index >= 15 is 0 Å². The minimum Gasteiger partial charge on any atom is -0.493 e. The average Bonchev–Trinajstić information content (AvgIpc) is 2.77. The van der Waals surface area contributed by atoms with E-state index in [1.54, 1.807) is 13.0 Å². The van der Waals surface area contributed by atoms with Crippen LogP contribution in [0, 0.1) is 0 Å². The van der Waals surface area contributed by atoms with E-state index in [0.717, 1.165) is 0 Å². The third-order valence-corrected chi connectivity index (χ3v) is 4.93. The van der Waals surface area contributed by atoms with E-state index in [0.29, 0.717) is 22.6 Å². The highest BCUT2D eigenvalue weighted by Gasteiger charge is 2.23. The quantitative estimate of drug-likeness (QED) is 0.476. The van der Waals surface area contributed by atoms with Gasteiger partial charge in [0, 0.05) is 28.9 Å². The van der Waals surface area contributed by atoms with Crippen molar-refractivity contribution in [3.05, 3.63) is 47.8 Å². The fourth-order valence-corrected chi connectivity index (χ4v) is 3.62. The monoisotopic (exact) mass is 462 g/mol. The zero-order valence-electron chi connectivity index (χ0n) is 17.9. The number of hydrogen-bond acceptors (Lipinski definition) is 9. The van der Waals surface area contributed by atoms with Gasteiger partial charge in [-0.3, -0.25) is 9.78 Å². The molecular formula is C21H22N2O8S. The maximum absolute atomic E-state index is 13.4. The molecule has 0 radical (unpaired) electrons. The largest absolute Gasteiger partial charge is 0.493 e. The number of nitrogens with two attached hydrogens (primary N) is 1. The Bertz CT molecular complexity index is 1250. The lowest BCUT2D eigenvalue weighted by Gasteiger charge is -2.15. The van der Waals surface area contributed by atoms with Crippen LogP contribution in [-0.4, -0.2) is 47.1 Å². The number of ketones is 1. The predicted molar refractivity (Wildman–Crippen MR) is 116 cm³/mol. The molecule has 1 aromatic heterocycles. The fraction of sp³-hybridized carbons (Fsp3) is 0.238. The molecule has 10 nitrogen and oxygen atoms in total. The van der Waals surface area contributed by atoms with Gasteiger partial charge in [0.25, 0.3) is 0 Å². The van der Waals surface area contributed by atoms with Gasteiger partial charge in [-0.05, 0) is 36.6 Å². The Morgan fingerprint density at radius 1 is 0.938 bits per heavy atom. The highest BCUT2D eigenvalue weighted by molar-refractivity contribution is 7.84. The maximum Gasteiger partial charge on any atom is 0.380 e. The molecule has 3 rings (SSSR count). The van der Waals surface area contributed by atoms with Gasteiger partial charge in [0.1, 0.15) is 0 Å². The molecule has 32 heavy (non-hydrogen) atoms. The van der Waals surface area contributed by atoms with E-state index in [-0.39, 0.29) is 34.6 Å². The number of ether oxygens (including phenoxy) is 4. The van der Waals surface area contributed by atoms with Gasteiger partial charge in [-0.2, -0.15) is 13.6 Å². The second kappa shape index (κ2) is 9.28. The first kappa shape index (κ1) is 23.1. The smallest absolute Gasteiger partial charge is 0.380 e. The molecule has 0 spiro atoms. The van der Waals surface area contributed by atoms with Gasteiger partial charge in [0.15, 0.2) is 28.8 Å². The van der Waals surface area contributed by atoms with Crippen LogP contribution in [-0.2, 0) is 10.3 Å². The number of rotatable bonds is 9. The van der Waals surface area contributed by atoms with Crippen LogP contribution in [0.25, 0.3) is 10.8 Å². The van der Waals surface area contributed by atoms with E-state index in [9.17, 15) is 13.2 Å². The van der Waals surface area contributed by atoms with Crippen molar-refractivity contribution >= 4 is 26.9 Å². The summed E-state index contributed by atoms with van der Waals surface area (Å²) in [5.41, 5.74) is 0.440. The summed E-state index contributed by atoms with van der Waals surface area (Å²) in [6.45, 7) is 1.98. The summed E-state index contributed by atoms with van der Waals surface area (Å²) < 4.78 is 49.6. The molecule has 170 valence electrons. The van der Waals surface area contributed by atoms with Crippen molar-refractivity contribution in [2.45, 2.75) is 6.92 Å². The Balaban J connectivity index is 2.22. The number of carbonyl (C=O) groups is 1. The Hall–Kier alpha value is -3.57. The molecule has 1 heterocycles. The van der Waals surface area contributed by atoms with Gasteiger partial charge in [0.05, 0.1) is 27.9 Å². The lowest BCUT2D eigenvalue weighted by molar-refractivity contribution is 0.103. The number of pyridine rings is 1. The van der Waals surface area contributed by atoms with Crippen LogP contribution in [0.2, 0.25) is 0 Å². The zero-order valence-corrected chi connectivity index (χ0v) is 18.7. The van der Waals surface area contributed by atoms with Crippen molar-refractivity contribution in [1.29, 1.82) is 0 Å². The summed E-state index contributed by atoms with van der Waals surface area (Å²) in [6, 6.07) is 6.14. The first-order chi connectivity index (χ1) is 15.2. The van der Waals surface area contributed by atoms with Crippen molar-refractivity contribution in [3.63, 3.8) is 0 Å². The van der Waals surface area contributed by atoms with Crippen molar-refractivity contribution < 1.29 is 36.3 Å². The summed E-state index contributed by atoms with van der Waals surface area (Å²) in [4.78, 5) is 17.5. The first-order valence-electron chi connectivity index (χ1n) is 9.34. The molecule has 0 fully saturated rings. The van der Waals surface area contributed by atoms with E-state index in [1.165, 1.54) is 51.9 Å². The van der Waals surface area contributed by atoms with Crippen LogP contribution >= 0.6 is 0 Å². The summed E-state index contributed by atoms with van der Waals surface area (Å²) in [5.74, 6) is 0.536. The van der Waals surface area contributed by atoms with Gasteiger partial charge in [0.2, 0.25) is 5.75 Å². The third-order valence-electron chi connectivity index (χ3n) is 4.53. The summed E-state index contributed by atoms with van der Waals surface area (Å²) >= 11 is 0. The summed E-state index contributed by atoms with van der Waals surface area (Å²) in [6.07, 6.45) is 2.74. The van der Waals surface area contributed by atoms with E-state index in [1.807, 2.05) is 0 Å². The van der Waals surface area contributed by atoms with Crippen LogP contribution in [0.15, 0.2) is 36.7 Å². The number of methoxy groups -OCH3 is 3. The van der Waals surface area contributed by atoms with Gasteiger partial charge >= 0.3 is 10.3 Å². The predicted octanol–water partition coefficient (Wildman–Crippen LogP) is 2.47. The van der Waals surface area contributed by atoms with E-state index in [2.05, 4.69) is 4.98 Å². The minimum atomic E-state index is -4.36. The molecular weight excluding hydrogens is 440 g/mol. The molecule has 0 unspecified atom stereocenters. The molecule has 0 aliphatic carbocycles. The Kier molecular flexibility index (Phi) is 6.70. The second-order valence-corrected chi connectivity index (χ2v) is 7.58. The second-order valence-electron chi connectivity index (χ2n) is 6.43. The number of carbonyl (C=O) groups excluding carboxylic acids is 1. The standard InChI is InChI=1S/C21H22N2O8S/c1-5-30-16-7-6-13-14(10-23-11-15(13)20(16)31-32(22,25)26)19(24)12-8-17(27-2)21(29-4)18(9-12)28-3/h6-11H,5H2,1-4H3,(H2,22,25,26).